The van der Waals surface area contributed by atoms with Gasteiger partial charge in [-0.05, 0) is 106 Å². The highest BCUT2D eigenvalue weighted by atomic mass is 16.5. The summed E-state index contributed by atoms with van der Waals surface area (Å²) in [5.41, 5.74) is 0.683. The smallest absolute Gasteiger partial charge is 0.306 e. The Morgan fingerprint density at radius 2 is 1.80 bits per heavy atom. The Hall–Kier alpha value is -2.28. The van der Waals surface area contributed by atoms with Gasteiger partial charge < -0.3 is 15.2 Å². The average molecular weight is 554 g/mol. The van der Waals surface area contributed by atoms with Crippen LogP contribution < -0.4 is 5.32 Å². The van der Waals surface area contributed by atoms with Crippen molar-refractivity contribution in [1.29, 1.82) is 0 Å². The van der Waals surface area contributed by atoms with Crippen molar-refractivity contribution >= 4 is 23.4 Å². The van der Waals surface area contributed by atoms with Gasteiger partial charge in [0, 0.05) is 24.8 Å². The summed E-state index contributed by atoms with van der Waals surface area (Å²) in [5, 5.41) is 14.7. The van der Waals surface area contributed by atoms with Crippen LogP contribution in [0.15, 0.2) is 23.3 Å². The lowest BCUT2D eigenvalue weighted by atomic mass is 9.46. The van der Waals surface area contributed by atoms with Gasteiger partial charge >= 0.3 is 5.97 Å². The molecule has 0 saturated heterocycles. The van der Waals surface area contributed by atoms with Crippen molar-refractivity contribution in [3.8, 4) is 0 Å². The fourth-order valence-corrected chi connectivity index (χ4v) is 9.17. The number of aliphatic hydroxyl groups is 1. The van der Waals surface area contributed by atoms with E-state index in [9.17, 15) is 24.3 Å². The van der Waals surface area contributed by atoms with E-state index in [1.54, 1.807) is 0 Å². The number of amides is 1. The van der Waals surface area contributed by atoms with E-state index >= 15 is 0 Å². The summed E-state index contributed by atoms with van der Waals surface area (Å²) in [6, 6.07) is 0. The van der Waals surface area contributed by atoms with Crippen molar-refractivity contribution in [2.24, 2.45) is 28.6 Å². The van der Waals surface area contributed by atoms with Crippen molar-refractivity contribution in [3.63, 3.8) is 0 Å². The molecule has 2 N–H and O–H groups in total. The maximum Gasteiger partial charge on any atom is 0.306 e. The standard InChI is InChI=1S/C33H47NO6/c1-31-16-12-24(35)20-23(31)8-9-25-26(31)13-17-32(2)27(25)14-18-33(32,39)28(36)21-40-30(38)11-10-29(37)34-19-15-22-6-4-3-5-7-22/h6,20,25-27,39H,3-5,7-19,21H2,1-2H3,(H,34,37)/t25-,26+,27-,31-,32-,33-/m0/s1. The highest BCUT2D eigenvalue weighted by Crippen LogP contribution is 2.67. The van der Waals surface area contributed by atoms with E-state index in [0.717, 1.165) is 57.8 Å². The molecule has 0 unspecified atom stereocenters. The molecule has 0 heterocycles. The average Bonchev–Trinajstić information content (AvgIpc) is 3.23. The first kappa shape index (κ1) is 29.2. The van der Waals surface area contributed by atoms with Crippen LogP contribution in [0, 0.1) is 28.6 Å². The highest BCUT2D eigenvalue weighted by Gasteiger charge is 2.66. The molecule has 1 amide bonds. The number of esters is 1. The summed E-state index contributed by atoms with van der Waals surface area (Å²) in [5.74, 6) is 0.181. The van der Waals surface area contributed by atoms with Crippen LogP contribution >= 0.6 is 0 Å². The zero-order valence-corrected chi connectivity index (χ0v) is 24.4. The van der Waals surface area contributed by atoms with Crippen molar-refractivity contribution in [2.45, 2.75) is 116 Å². The molecule has 40 heavy (non-hydrogen) atoms. The number of fused-ring (bicyclic) bond motifs is 5. The number of allylic oxidation sites excluding steroid dienone is 2. The van der Waals surface area contributed by atoms with Gasteiger partial charge in [-0.15, -0.1) is 0 Å². The third-order valence-electron chi connectivity index (χ3n) is 11.6. The van der Waals surface area contributed by atoms with Gasteiger partial charge in [-0.2, -0.15) is 0 Å². The Morgan fingerprint density at radius 1 is 1.00 bits per heavy atom. The first-order chi connectivity index (χ1) is 19.1. The predicted molar refractivity (Wildman–Crippen MR) is 151 cm³/mol. The number of ketones is 2. The molecule has 5 aliphatic rings. The third kappa shape index (κ3) is 5.35. The van der Waals surface area contributed by atoms with Crippen LogP contribution in [0.5, 0.6) is 0 Å². The lowest BCUT2D eigenvalue weighted by Gasteiger charge is -2.58. The summed E-state index contributed by atoms with van der Waals surface area (Å²) in [4.78, 5) is 50.0. The minimum atomic E-state index is -1.51. The molecular weight excluding hydrogens is 506 g/mol. The summed E-state index contributed by atoms with van der Waals surface area (Å²) in [6.07, 6.45) is 15.9. The zero-order chi connectivity index (χ0) is 28.5. The number of Topliss-reactive ketones (excluding diaryl/α,β-unsaturated/α-hetero) is 1. The Labute approximate surface area is 238 Å². The second-order valence-corrected chi connectivity index (χ2v) is 13.6. The van der Waals surface area contributed by atoms with E-state index in [1.807, 2.05) is 6.08 Å². The molecule has 6 atom stereocenters. The first-order valence-electron chi connectivity index (χ1n) is 15.7. The van der Waals surface area contributed by atoms with Gasteiger partial charge in [0.15, 0.2) is 12.4 Å². The van der Waals surface area contributed by atoms with Crippen LogP contribution in [-0.4, -0.2) is 47.3 Å². The van der Waals surface area contributed by atoms with Crippen LogP contribution in [0.25, 0.3) is 0 Å². The van der Waals surface area contributed by atoms with Crippen molar-refractivity contribution < 1.29 is 29.0 Å². The Balaban J connectivity index is 1.11. The molecule has 0 aromatic carbocycles. The summed E-state index contributed by atoms with van der Waals surface area (Å²) in [6.45, 7) is 4.51. The predicted octanol–water partition coefficient (Wildman–Crippen LogP) is 5.15. The molecular formula is C33H47NO6. The van der Waals surface area contributed by atoms with E-state index in [1.165, 1.54) is 24.0 Å². The van der Waals surface area contributed by atoms with Crippen LogP contribution in [0.1, 0.15) is 110 Å². The van der Waals surface area contributed by atoms with E-state index in [0.29, 0.717) is 31.2 Å². The molecule has 0 radical (unpaired) electrons. The molecule has 0 aromatic heterocycles. The van der Waals surface area contributed by atoms with Crippen LogP contribution in [-0.2, 0) is 23.9 Å². The van der Waals surface area contributed by atoms with Crippen LogP contribution in [0.4, 0.5) is 0 Å². The SMILES string of the molecule is C[C@]12CCC(=O)C=C1CC[C@H]1[C@H]2CC[C@@]2(C)[C@H]1CC[C@]2(O)C(=O)COC(=O)CCC(=O)NCCC1=CCCCC1. The second kappa shape index (κ2) is 11.5. The summed E-state index contributed by atoms with van der Waals surface area (Å²) in [7, 11) is 0. The lowest BCUT2D eigenvalue weighted by molar-refractivity contribution is -0.170. The topological polar surface area (TPSA) is 110 Å². The van der Waals surface area contributed by atoms with Crippen LogP contribution in [0.2, 0.25) is 0 Å². The number of hydrogen-bond acceptors (Lipinski definition) is 6. The minimum Gasteiger partial charge on any atom is -0.458 e. The number of nitrogens with one attached hydrogen (secondary N) is 1. The van der Waals surface area contributed by atoms with E-state index in [-0.39, 0.29) is 35.9 Å². The Bertz CT molecular complexity index is 1110. The first-order valence-corrected chi connectivity index (χ1v) is 15.7. The molecule has 0 spiro atoms. The highest BCUT2D eigenvalue weighted by molar-refractivity contribution is 5.92. The molecule has 0 bridgehead atoms. The Morgan fingerprint density at radius 3 is 2.58 bits per heavy atom. The summed E-state index contributed by atoms with van der Waals surface area (Å²) >= 11 is 0. The normalized spacial score (nSPS) is 36.9. The van der Waals surface area contributed by atoms with Gasteiger partial charge in [0.1, 0.15) is 5.60 Å². The fraction of sp³-hybridized carbons (Fsp3) is 0.758. The van der Waals surface area contributed by atoms with Gasteiger partial charge in [0.25, 0.3) is 0 Å². The maximum atomic E-state index is 13.4. The minimum absolute atomic E-state index is 0.0278. The second-order valence-electron chi connectivity index (χ2n) is 13.6. The lowest BCUT2D eigenvalue weighted by Crippen LogP contribution is -2.58. The quantitative estimate of drug-likeness (QED) is 0.302. The molecule has 5 aliphatic carbocycles. The van der Waals surface area contributed by atoms with Crippen LogP contribution in [0.3, 0.4) is 0 Å². The molecule has 7 heteroatoms. The number of rotatable bonds is 9. The molecule has 0 aromatic rings. The van der Waals surface area contributed by atoms with Gasteiger partial charge in [-0.25, -0.2) is 0 Å². The third-order valence-corrected chi connectivity index (χ3v) is 11.6. The monoisotopic (exact) mass is 553 g/mol. The maximum absolute atomic E-state index is 13.4. The Kier molecular flexibility index (Phi) is 8.43. The molecule has 220 valence electrons. The number of hydrogen-bond donors (Lipinski definition) is 2. The molecule has 5 rings (SSSR count). The van der Waals surface area contributed by atoms with E-state index < -0.39 is 29.4 Å². The van der Waals surface area contributed by atoms with Gasteiger partial charge in [0.2, 0.25) is 11.7 Å². The van der Waals surface area contributed by atoms with Crippen molar-refractivity contribution in [1.82, 2.24) is 5.32 Å². The van der Waals surface area contributed by atoms with E-state index in [4.69, 9.17) is 4.74 Å². The fourth-order valence-electron chi connectivity index (χ4n) is 9.17. The molecule has 0 aliphatic heterocycles. The summed E-state index contributed by atoms with van der Waals surface area (Å²) < 4.78 is 5.28. The van der Waals surface area contributed by atoms with Gasteiger partial charge in [0.05, 0.1) is 6.42 Å². The zero-order valence-electron chi connectivity index (χ0n) is 24.4. The van der Waals surface area contributed by atoms with Crippen molar-refractivity contribution in [3.05, 3.63) is 23.3 Å². The molecule has 3 saturated carbocycles. The largest absolute Gasteiger partial charge is 0.458 e. The van der Waals surface area contributed by atoms with Gasteiger partial charge in [-0.1, -0.05) is 31.1 Å². The molecule has 3 fully saturated rings. The number of carbonyl (C=O) groups excluding carboxylic acids is 4. The van der Waals surface area contributed by atoms with Gasteiger partial charge in [-0.3, -0.25) is 19.2 Å². The number of carbonyl (C=O) groups is 4. The van der Waals surface area contributed by atoms with E-state index in [2.05, 4.69) is 25.2 Å². The number of ether oxygens (including phenoxy) is 1. The molecule has 7 nitrogen and oxygen atoms in total. The van der Waals surface area contributed by atoms with Crippen molar-refractivity contribution in [2.75, 3.05) is 13.2 Å².